The van der Waals surface area contributed by atoms with Crippen molar-refractivity contribution in [1.82, 2.24) is 24.5 Å². The van der Waals surface area contributed by atoms with E-state index in [1.54, 1.807) is 27.3 Å². The summed E-state index contributed by atoms with van der Waals surface area (Å²) in [5, 5.41) is 11.9. The van der Waals surface area contributed by atoms with E-state index in [0.29, 0.717) is 17.4 Å². The Kier molecular flexibility index (Phi) is 3.61. The molecule has 24 heavy (non-hydrogen) atoms. The number of nitrogens with zero attached hydrogens (tertiary/aromatic N) is 5. The second kappa shape index (κ2) is 5.79. The van der Waals surface area contributed by atoms with Gasteiger partial charge in [-0.15, -0.1) is 11.8 Å². The van der Waals surface area contributed by atoms with Crippen molar-refractivity contribution < 1.29 is 4.79 Å². The summed E-state index contributed by atoms with van der Waals surface area (Å²) in [4.78, 5) is 16.6. The van der Waals surface area contributed by atoms with Crippen LogP contribution >= 0.6 is 11.8 Å². The lowest BCUT2D eigenvalue weighted by Gasteiger charge is -2.12. The van der Waals surface area contributed by atoms with Crippen molar-refractivity contribution in [3.05, 3.63) is 53.6 Å². The van der Waals surface area contributed by atoms with Crippen LogP contribution in [0.1, 0.15) is 22.1 Å². The van der Waals surface area contributed by atoms with Crippen LogP contribution in [0.5, 0.6) is 0 Å². The number of aromatic nitrogens is 5. The van der Waals surface area contributed by atoms with Crippen LogP contribution in [0.4, 0.5) is 5.82 Å². The zero-order valence-electron chi connectivity index (χ0n) is 13.3. The minimum atomic E-state index is -0.0373. The van der Waals surface area contributed by atoms with Crippen molar-refractivity contribution in [3.8, 4) is 5.82 Å². The zero-order valence-corrected chi connectivity index (χ0v) is 14.1. The van der Waals surface area contributed by atoms with Crippen molar-refractivity contribution in [2.45, 2.75) is 12.2 Å². The molecule has 4 heterocycles. The van der Waals surface area contributed by atoms with Gasteiger partial charge in [0, 0.05) is 30.6 Å². The van der Waals surface area contributed by atoms with Gasteiger partial charge in [-0.1, -0.05) is 6.07 Å². The number of nitrogens with one attached hydrogen (secondary N) is 1. The van der Waals surface area contributed by atoms with Gasteiger partial charge in [-0.25, -0.2) is 4.98 Å². The van der Waals surface area contributed by atoms with Gasteiger partial charge in [0.2, 0.25) is 5.91 Å². The largest absolute Gasteiger partial charge is 0.310 e. The van der Waals surface area contributed by atoms with E-state index in [-0.39, 0.29) is 11.2 Å². The van der Waals surface area contributed by atoms with E-state index < -0.39 is 0 Å². The Bertz CT molecular complexity index is 901. The Morgan fingerprint density at radius 2 is 2.25 bits per heavy atom. The molecule has 4 rings (SSSR count). The van der Waals surface area contributed by atoms with Gasteiger partial charge >= 0.3 is 0 Å². The Balaban J connectivity index is 1.90. The maximum absolute atomic E-state index is 12.2. The molecule has 0 spiro atoms. The van der Waals surface area contributed by atoms with Crippen LogP contribution in [0.2, 0.25) is 0 Å². The first-order valence-electron chi connectivity index (χ1n) is 7.54. The highest BCUT2D eigenvalue weighted by Gasteiger charge is 2.31. The van der Waals surface area contributed by atoms with Crippen LogP contribution < -0.4 is 5.32 Å². The van der Waals surface area contributed by atoms with Crippen LogP contribution in [0.25, 0.3) is 5.82 Å². The smallest absolute Gasteiger partial charge is 0.235 e. The molecule has 1 unspecified atom stereocenters. The van der Waals surface area contributed by atoms with Gasteiger partial charge in [0.05, 0.1) is 22.9 Å². The molecule has 0 fully saturated rings. The summed E-state index contributed by atoms with van der Waals surface area (Å²) in [6.07, 6.45) is 5.54. The highest BCUT2D eigenvalue weighted by atomic mass is 32.2. The molecular formula is C16H16N6OS. The van der Waals surface area contributed by atoms with Crippen LogP contribution in [0.15, 0.2) is 36.8 Å². The predicted octanol–water partition coefficient (Wildman–Crippen LogP) is 2.08. The second-order valence-electron chi connectivity index (χ2n) is 5.63. The zero-order chi connectivity index (χ0) is 16.7. The van der Waals surface area contributed by atoms with E-state index in [9.17, 15) is 4.79 Å². The van der Waals surface area contributed by atoms with E-state index in [1.165, 1.54) is 0 Å². The summed E-state index contributed by atoms with van der Waals surface area (Å²) in [5.74, 6) is 1.72. The molecule has 3 aromatic rings. The van der Waals surface area contributed by atoms with E-state index in [1.807, 2.05) is 44.6 Å². The lowest BCUT2D eigenvalue weighted by atomic mass is 10.1. The molecule has 1 amide bonds. The third-order valence-electron chi connectivity index (χ3n) is 3.90. The number of carbonyl (C=O) groups is 1. The molecule has 7 nitrogen and oxygen atoms in total. The lowest BCUT2D eigenvalue weighted by molar-refractivity contribution is -0.113. The van der Waals surface area contributed by atoms with Gasteiger partial charge in [0.1, 0.15) is 5.82 Å². The fourth-order valence-electron chi connectivity index (χ4n) is 2.87. The van der Waals surface area contributed by atoms with Crippen molar-refractivity contribution in [1.29, 1.82) is 0 Å². The molecule has 0 aromatic carbocycles. The van der Waals surface area contributed by atoms with Gasteiger partial charge in [0.25, 0.3) is 0 Å². The Labute approximate surface area is 143 Å². The summed E-state index contributed by atoms with van der Waals surface area (Å²) in [6.45, 7) is 1.96. The molecule has 1 N–H and O–H groups in total. The number of anilines is 1. The van der Waals surface area contributed by atoms with Crippen molar-refractivity contribution in [2.75, 3.05) is 11.1 Å². The minimum Gasteiger partial charge on any atom is -0.310 e. The number of hydrogen-bond acceptors (Lipinski definition) is 5. The topological polar surface area (TPSA) is 77.6 Å². The monoisotopic (exact) mass is 340 g/mol. The molecule has 0 bridgehead atoms. The third kappa shape index (κ3) is 2.48. The number of fused-ring (bicyclic) bond motifs is 1. The van der Waals surface area contributed by atoms with Gasteiger partial charge in [-0.2, -0.15) is 14.9 Å². The molecule has 0 radical (unpaired) electrons. The molecule has 1 atom stereocenters. The van der Waals surface area contributed by atoms with Crippen LogP contribution in [-0.4, -0.2) is 36.2 Å². The summed E-state index contributed by atoms with van der Waals surface area (Å²) in [5.41, 5.74) is 2.94. The van der Waals surface area contributed by atoms with Crippen LogP contribution in [-0.2, 0) is 11.8 Å². The van der Waals surface area contributed by atoms with E-state index in [4.69, 9.17) is 0 Å². The number of rotatable bonds is 2. The molecule has 3 aromatic heterocycles. The van der Waals surface area contributed by atoms with Gasteiger partial charge in [-0.05, 0) is 19.1 Å². The lowest BCUT2D eigenvalue weighted by Crippen LogP contribution is -2.16. The molecule has 1 aliphatic rings. The summed E-state index contributed by atoms with van der Waals surface area (Å²) >= 11 is 1.58. The van der Waals surface area contributed by atoms with E-state index in [0.717, 1.165) is 16.8 Å². The number of carbonyl (C=O) groups excluding carboxylic acids is 1. The summed E-state index contributed by atoms with van der Waals surface area (Å²) in [7, 11) is 1.89. The SMILES string of the molecule is Cc1nn(-c2ccccn2)c2c1C(c1cnn(C)c1)SCC(=O)N2. The van der Waals surface area contributed by atoms with Gasteiger partial charge in [-0.3, -0.25) is 9.48 Å². The molecule has 0 aliphatic carbocycles. The quantitative estimate of drug-likeness (QED) is 0.773. The normalized spacial score (nSPS) is 17.2. The number of thioether (sulfide) groups is 1. The first kappa shape index (κ1) is 14.9. The molecule has 0 saturated carbocycles. The van der Waals surface area contributed by atoms with Crippen LogP contribution in [0.3, 0.4) is 0 Å². The average molecular weight is 340 g/mol. The maximum atomic E-state index is 12.2. The van der Waals surface area contributed by atoms with Gasteiger partial charge in [0.15, 0.2) is 5.82 Å². The molecule has 8 heteroatoms. The van der Waals surface area contributed by atoms with E-state index >= 15 is 0 Å². The predicted molar refractivity (Wildman–Crippen MR) is 92.2 cm³/mol. The molecule has 122 valence electrons. The molecule has 1 aliphatic heterocycles. The number of amides is 1. The third-order valence-corrected chi connectivity index (χ3v) is 5.17. The highest BCUT2D eigenvalue weighted by Crippen LogP contribution is 2.43. The van der Waals surface area contributed by atoms with E-state index in [2.05, 4.69) is 20.5 Å². The number of hydrogen-bond donors (Lipinski definition) is 1. The number of pyridine rings is 1. The fourth-order valence-corrected chi connectivity index (χ4v) is 4.02. The fraction of sp³-hybridized carbons (Fsp3) is 0.250. The summed E-state index contributed by atoms with van der Waals surface area (Å²) < 4.78 is 3.48. The first-order chi connectivity index (χ1) is 11.6. The van der Waals surface area contributed by atoms with Crippen LogP contribution in [0, 0.1) is 6.92 Å². The standard InChI is InChI=1S/C16H16N6OS/c1-10-14-15(11-7-18-21(2)8-11)24-9-13(23)19-16(14)22(20-10)12-5-3-4-6-17-12/h3-8,15H,9H2,1-2H3,(H,19,23). The molecular weight excluding hydrogens is 324 g/mol. The average Bonchev–Trinajstić information content (AvgIpc) is 3.08. The van der Waals surface area contributed by atoms with Crippen molar-refractivity contribution in [3.63, 3.8) is 0 Å². The number of aryl methyl sites for hydroxylation is 2. The Morgan fingerprint density at radius 1 is 1.38 bits per heavy atom. The van der Waals surface area contributed by atoms with Crippen molar-refractivity contribution >= 4 is 23.5 Å². The van der Waals surface area contributed by atoms with Crippen molar-refractivity contribution in [2.24, 2.45) is 7.05 Å². The van der Waals surface area contributed by atoms with Gasteiger partial charge < -0.3 is 5.32 Å². The Hall–Kier alpha value is -2.61. The minimum absolute atomic E-state index is 0.00473. The molecule has 0 saturated heterocycles. The second-order valence-corrected chi connectivity index (χ2v) is 6.73. The maximum Gasteiger partial charge on any atom is 0.235 e. The Morgan fingerprint density at radius 3 is 2.96 bits per heavy atom. The highest BCUT2D eigenvalue weighted by molar-refractivity contribution is 8.00. The first-order valence-corrected chi connectivity index (χ1v) is 8.59. The summed E-state index contributed by atoms with van der Waals surface area (Å²) in [6, 6.07) is 5.62.